The van der Waals surface area contributed by atoms with Gasteiger partial charge in [0.2, 0.25) is 0 Å². The van der Waals surface area contributed by atoms with Crippen molar-refractivity contribution in [2.24, 2.45) is 0 Å². The van der Waals surface area contributed by atoms with Crippen molar-refractivity contribution in [3.05, 3.63) is 0 Å². The van der Waals surface area contributed by atoms with Crippen LogP contribution in [0.4, 0.5) is 0 Å². The summed E-state index contributed by atoms with van der Waals surface area (Å²) in [5.74, 6) is -0.504. The number of esters is 2. The lowest BCUT2D eigenvalue weighted by molar-refractivity contribution is -0.148. The number of ether oxygens (including phenoxy) is 4. The van der Waals surface area contributed by atoms with Crippen molar-refractivity contribution in [3.63, 3.8) is 0 Å². The second-order valence-electron chi connectivity index (χ2n) is 5.83. The molecule has 2 atom stereocenters. The smallest absolute Gasteiger partial charge is 0.305 e. The summed E-state index contributed by atoms with van der Waals surface area (Å²) in [6, 6.07) is 0. The molecular weight excluding hydrogens is 312 g/mol. The molecule has 142 valence electrons. The summed E-state index contributed by atoms with van der Waals surface area (Å²) in [6.45, 7) is 9.45. The average Bonchev–Trinajstić information content (AvgIpc) is 2.58. The van der Waals surface area contributed by atoms with Gasteiger partial charge in [0.05, 0.1) is 25.4 Å². The highest BCUT2D eigenvalue weighted by molar-refractivity contribution is 5.70. The quantitative estimate of drug-likeness (QED) is 0.335. The molecule has 0 radical (unpaired) electrons. The summed E-state index contributed by atoms with van der Waals surface area (Å²) in [5.41, 5.74) is 0. The minimum Gasteiger partial charge on any atom is -0.463 e. The van der Waals surface area contributed by atoms with Crippen LogP contribution in [0.1, 0.15) is 66.2 Å². The Labute approximate surface area is 146 Å². The summed E-state index contributed by atoms with van der Waals surface area (Å²) >= 11 is 0. The van der Waals surface area contributed by atoms with Crippen LogP contribution in [0, 0.1) is 0 Å². The topological polar surface area (TPSA) is 71.1 Å². The van der Waals surface area contributed by atoms with Gasteiger partial charge in [-0.05, 0) is 39.5 Å². The van der Waals surface area contributed by atoms with Crippen molar-refractivity contribution in [2.45, 2.75) is 78.4 Å². The molecule has 0 fully saturated rings. The van der Waals surface area contributed by atoms with Gasteiger partial charge in [0.25, 0.3) is 0 Å². The van der Waals surface area contributed by atoms with Gasteiger partial charge in [0, 0.05) is 12.8 Å². The van der Waals surface area contributed by atoms with E-state index in [-0.39, 0.29) is 37.4 Å². The molecule has 0 heterocycles. The molecule has 0 amide bonds. The molecule has 0 saturated carbocycles. The fraction of sp³-hybridized carbons (Fsp3) is 0.889. The van der Waals surface area contributed by atoms with Crippen molar-refractivity contribution in [3.8, 4) is 0 Å². The van der Waals surface area contributed by atoms with E-state index in [0.29, 0.717) is 38.9 Å². The van der Waals surface area contributed by atoms with Crippen LogP contribution in [-0.2, 0) is 28.5 Å². The first-order valence-electron chi connectivity index (χ1n) is 9.04. The molecule has 0 spiro atoms. The third kappa shape index (κ3) is 14.5. The molecule has 0 aromatic carbocycles. The minimum atomic E-state index is -0.252. The van der Waals surface area contributed by atoms with E-state index < -0.39 is 0 Å². The summed E-state index contributed by atoms with van der Waals surface area (Å²) in [4.78, 5) is 23.0. The first-order valence-corrected chi connectivity index (χ1v) is 9.04. The fourth-order valence-electron chi connectivity index (χ4n) is 1.73. The van der Waals surface area contributed by atoms with Gasteiger partial charge < -0.3 is 18.9 Å². The Hall–Kier alpha value is -1.14. The van der Waals surface area contributed by atoms with Crippen LogP contribution < -0.4 is 0 Å². The molecule has 0 N–H and O–H groups in total. The van der Waals surface area contributed by atoms with Crippen LogP contribution >= 0.6 is 0 Å². The minimum absolute atomic E-state index is 0.185. The summed E-state index contributed by atoms with van der Waals surface area (Å²) in [7, 11) is 0. The van der Waals surface area contributed by atoms with Gasteiger partial charge in [-0.1, -0.05) is 13.8 Å². The van der Waals surface area contributed by atoms with Crippen molar-refractivity contribution >= 4 is 11.9 Å². The summed E-state index contributed by atoms with van der Waals surface area (Å²) < 4.78 is 21.0. The Morgan fingerprint density at radius 3 is 1.42 bits per heavy atom. The third-order valence-corrected chi connectivity index (χ3v) is 3.66. The molecular formula is C18H34O6. The molecule has 0 aromatic heterocycles. The van der Waals surface area contributed by atoms with Gasteiger partial charge in [-0.15, -0.1) is 0 Å². The van der Waals surface area contributed by atoms with E-state index >= 15 is 0 Å². The lowest BCUT2D eigenvalue weighted by atomic mass is 10.2. The zero-order valence-corrected chi connectivity index (χ0v) is 15.7. The van der Waals surface area contributed by atoms with E-state index in [2.05, 4.69) is 0 Å². The SMILES string of the molecule is CCC(C)OCCOC(=O)CCCCC(=O)OCCOC(C)CC. The maximum absolute atomic E-state index is 11.5. The zero-order valence-electron chi connectivity index (χ0n) is 15.7. The average molecular weight is 346 g/mol. The highest BCUT2D eigenvalue weighted by Gasteiger charge is 2.07. The Bertz CT molecular complexity index is 299. The lowest BCUT2D eigenvalue weighted by Gasteiger charge is -2.11. The Kier molecular flexibility index (Phi) is 14.7. The van der Waals surface area contributed by atoms with Gasteiger partial charge in [-0.3, -0.25) is 9.59 Å². The Balaban J connectivity index is 3.44. The second-order valence-corrected chi connectivity index (χ2v) is 5.83. The number of hydrogen-bond acceptors (Lipinski definition) is 6. The highest BCUT2D eigenvalue weighted by Crippen LogP contribution is 2.04. The fourth-order valence-corrected chi connectivity index (χ4v) is 1.73. The first kappa shape index (κ1) is 22.9. The van der Waals surface area contributed by atoms with Gasteiger partial charge >= 0.3 is 11.9 Å². The molecule has 0 aliphatic rings. The van der Waals surface area contributed by atoms with Crippen LogP contribution in [-0.4, -0.2) is 50.6 Å². The van der Waals surface area contributed by atoms with E-state index in [0.717, 1.165) is 12.8 Å². The maximum Gasteiger partial charge on any atom is 0.305 e. The second kappa shape index (κ2) is 15.4. The molecule has 0 saturated heterocycles. The molecule has 0 aliphatic heterocycles. The van der Waals surface area contributed by atoms with Crippen LogP contribution in [0.2, 0.25) is 0 Å². The zero-order chi connectivity index (χ0) is 18.2. The summed E-state index contributed by atoms with van der Waals surface area (Å²) in [6.07, 6.45) is 4.10. The summed E-state index contributed by atoms with van der Waals surface area (Å²) in [5, 5.41) is 0. The van der Waals surface area contributed by atoms with Crippen molar-refractivity contribution in [1.29, 1.82) is 0 Å². The van der Waals surface area contributed by atoms with Gasteiger partial charge in [0.15, 0.2) is 0 Å². The molecule has 0 aliphatic carbocycles. The molecule has 24 heavy (non-hydrogen) atoms. The standard InChI is InChI=1S/C18H34O6/c1-5-15(3)21-11-13-23-17(19)9-7-8-10-18(20)24-14-12-22-16(4)6-2/h15-16H,5-14H2,1-4H3. The predicted octanol–water partition coefficient (Wildman–Crippen LogP) is 3.26. The van der Waals surface area contributed by atoms with Crippen molar-refractivity contribution < 1.29 is 28.5 Å². The van der Waals surface area contributed by atoms with Crippen LogP contribution in [0.5, 0.6) is 0 Å². The number of rotatable bonds is 15. The maximum atomic E-state index is 11.5. The molecule has 6 nitrogen and oxygen atoms in total. The van der Waals surface area contributed by atoms with Gasteiger partial charge in [-0.2, -0.15) is 0 Å². The van der Waals surface area contributed by atoms with Crippen molar-refractivity contribution in [1.82, 2.24) is 0 Å². The number of carbonyl (C=O) groups excluding carboxylic acids is 2. The molecule has 0 aromatic rings. The van der Waals surface area contributed by atoms with Crippen LogP contribution in [0.3, 0.4) is 0 Å². The van der Waals surface area contributed by atoms with E-state index in [9.17, 15) is 9.59 Å². The van der Waals surface area contributed by atoms with Gasteiger partial charge in [0.1, 0.15) is 13.2 Å². The first-order chi connectivity index (χ1) is 11.5. The number of unbranched alkanes of at least 4 members (excludes halogenated alkanes) is 1. The number of hydrogen-bond donors (Lipinski definition) is 0. The molecule has 6 heteroatoms. The Morgan fingerprint density at radius 2 is 1.08 bits per heavy atom. The van der Waals surface area contributed by atoms with Crippen LogP contribution in [0.25, 0.3) is 0 Å². The Morgan fingerprint density at radius 1 is 0.708 bits per heavy atom. The molecule has 2 unspecified atom stereocenters. The molecule has 0 rings (SSSR count). The van der Waals surface area contributed by atoms with E-state index in [4.69, 9.17) is 18.9 Å². The third-order valence-electron chi connectivity index (χ3n) is 3.66. The largest absolute Gasteiger partial charge is 0.463 e. The van der Waals surface area contributed by atoms with Crippen molar-refractivity contribution in [2.75, 3.05) is 26.4 Å². The van der Waals surface area contributed by atoms with E-state index in [1.165, 1.54) is 0 Å². The van der Waals surface area contributed by atoms with Gasteiger partial charge in [-0.25, -0.2) is 0 Å². The highest BCUT2D eigenvalue weighted by atomic mass is 16.6. The lowest BCUT2D eigenvalue weighted by Crippen LogP contribution is -2.15. The molecule has 0 bridgehead atoms. The normalized spacial score (nSPS) is 13.3. The number of carbonyl (C=O) groups is 2. The predicted molar refractivity (Wildman–Crippen MR) is 91.8 cm³/mol. The van der Waals surface area contributed by atoms with E-state index in [1.807, 2.05) is 27.7 Å². The van der Waals surface area contributed by atoms with Crippen LogP contribution in [0.15, 0.2) is 0 Å². The van der Waals surface area contributed by atoms with E-state index in [1.54, 1.807) is 0 Å². The monoisotopic (exact) mass is 346 g/mol.